The van der Waals surface area contributed by atoms with Gasteiger partial charge >= 0.3 is 17.9 Å². The van der Waals surface area contributed by atoms with Crippen molar-refractivity contribution in [2.45, 2.75) is 266 Å². The predicted molar refractivity (Wildman–Crippen MR) is 292 cm³/mol. The van der Waals surface area contributed by atoms with Crippen molar-refractivity contribution in [1.82, 2.24) is 0 Å². The Bertz CT molecular complexity index is 2630. The van der Waals surface area contributed by atoms with Crippen LogP contribution in [0, 0.1) is 50.2 Å². The first-order chi connectivity index (χ1) is 41.4. The molecular weight excluding hydrogens is 1190 g/mol. The number of carboxylic acids is 2. The number of carboxylic acid groups (broad SMARTS) is 2. The molecule has 30 heteroatoms. The van der Waals surface area contributed by atoms with Gasteiger partial charge in [0.15, 0.2) is 37.4 Å². The third kappa shape index (κ3) is 10.9. The molecule has 0 spiro atoms. The molecule has 11 unspecified atom stereocenters. The molecule has 17 N–H and O–H groups in total. The summed E-state index contributed by atoms with van der Waals surface area (Å²) < 4.78 is 59.0. The van der Waals surface area contributed by atoms with Crippen LogP contribution in [0.5, 0.6) is 0 Å². The molecule has 5 saturated heterocycles. The van der Waals surface area contributed by atoms with Crippen molar-refractivity contribution in [2.24, 2.45) is 50.2 Å². The van der Waals surface area contributed by atoms with Gasteiger partial charge in [-0.05, 0) is 112 Å². The molecule has 4 saturated carbocycles. The average Bonchev–Trinajstić information content (AvgIpc) is 1.06. The van der Waals surface area contributed by atoms with Crippen molar-refractivity contribution >= 4 is 17.9 Å². The number of carbonyl (C=O) groups is 3. The van der Waals surface area contributed by atoms with Crippen molar-refractivity contribution in [1.29, 1.82) is 0 Å². The lowest BCUT2D eigenvalue weighted by atomic mass is 9.33. The molecule has 5 aliphatic carbocycles. The molecule has 34 atom stereocenters. The Morgan fingerprint density at radius 3 is 1.82 bits per heavy atom. The summed E-state index contributed by atoms with van der Waals surface area (Å²) >= 11 is 0. The Hall–Kier alpha value is -2.81. The van der Waals surface area contributed by atoms with Crippen molar-refractivity contribution in [3.63, 3.8) is 0 Å². The first-order valence-electron chi connectivity index (χ1n) is 30.8. The number of fused-ring (bicyclic) bond motifs is 7. The van der Waals surface area contributed by atoms with Crippen LogP contribution in [0.2, 0.25) is 0 Å². The topological polar surface area (TPSA) is 487 Å². The molecule has 10 rings (SSSR count). The summed E-state index contributed by atoms with van der Waals surface area (Å²) in [6.45, 7) is 11.8. The first-order valence-corrected chi connectivity index (χ1v) is 30.8. The van der Waals surface area contributed by atoms with Crippen molar-refractivity contribution < 1.29 is 149 Å². The molecule has 5 aliphatic heterocycles. The van der Waals surface area contributed by atoms with Crippen molar-refractivity contribution in [3.05, 3.63) is 11.6 Å². The number of aliphatic carboxylic acids is 2. The fourth-order valence-corrected chi connectivity index (χ4v) is 17.9. The fraction of sp³-hybridized carbons (Fsp3) is 0.915. The molecule has 0 amide bonds. The molecule has 89 heavy (non-hydrogen) atoms. The number of carbonyl (C=O) groups excluding carboxylic acids is 1. The molecule has 0 bridgehead atoms. The zero-order valence-corrected chi connectivity index (χ0v) is 50.9. The third-order valence-corrected chi connectivity index (χ3v) is 23.2. The lowest BCUT2D eigenvalue weighted by Gasteiger charge is -2.71. The van der Waals surface area contributed by atoms with Crippen molar-refractivity contribution in [3.8, 4) is 0 Å². The highest BCUT2D eigenvalue weighted by molar-refractivity contribution is 5.80. The van der Waals surface area contributed by atoms with Gasteiger partial charge in [-0.15, -0.1) is 0 Å². The standard InChI is InChI=1S/C59H92O30/c1-21-30(64)35(69)42(86-48-39(73)40(31(65)22(2)81-48)84-50-44(58(79,19-61)20-80-50)88-46-37(71)33(67)32(66)26(18-60)83-46)49(82-21)89-52(78)59-14-13-55(6)23(24(59)15-53(3,4)17-29(59)63)9-10-27-54(5)16-25(62)43(57(8,51(76)77)28(54)11-12-56(27,55)7)87-47-38(72)34(68)36(70)41(85-47)45(74)75/h9,21-22,24-44,46-50,60-73,79H,10-20H2,1-8H3,(H,74,75)(H,76,77)/t21-,22+,24?,25?,26-,27?,28?,29?,30-,31+,32-,33+,34+,35+,36+,37-,38-,39-,40-,41+,42-,43?,44+,46+,47+,48+,49+,50+,54?,55?,56?,57?,58-,59?/m1/s1. The van der Waals surface area contributed by atoms with Crippen LogP contribution in [0.25, 0.3) is 0 Å². The van der Waals surface area contributed by atoms with E-state index in [0.717, 1.165) is 5.57 Å². The second kappa shape index (κ2) is 24.4. The van der Waals surface area contributed by atoms with Gasteiger partial charge in [-0.25, -0.2) is 4.79 Å². The summed E-state index contributed by atoms with van der Waals surface area (Å²) in [6, 6.07) is 0. The Morgan fingerprint density at radius 2 is 1.19 bits per heavy atom. The van der Waals surface area contributed by atoms with Crippen LogP contribution in [0.1, 0.15) is 107 Å². The highest BCUT2D eigenvalue weighted by Gasteiger charge is 2.74. The minimum Gasteiger partial charge on any atom is -0.481 e. The van der Waals surface area contributed by atoms with E-state index < -0.39 is 241 Å². The van der Waals surface area contributed by atoms with Gasteiger partial charge in [0.2, 0.25) is 6.29 Å². The van der Waals surface area contributed by atoms with E-state index in [0.29, 0.717) is 19.3 Å². The lowest BCUT2D eigenvalue weighted by Crippen LogP contribution is -2.71. The maximum atomic E-state index is 15.6. The van der Waals surface area contributed by atoms with Crippen LogP contribution >= 0.6 is 0 Å². The second-order valence-electron chi connectivity index (χ2n) is 28.8. The van der Waals surface area contributed by atoms with E-state index in [1.807, 2.05) is 20.8 Å². The van der Waals surface area contributed by atoms with Gasteiger partial charge in [0.25, 0.3) is 0 Å². The van der Waals surface area contributed by atoms with E-state index in [1.165, 1.54) is 20.8 Å². The van der Waals surface area contributed by atoms with Gasteiger partial charge < -0.3 is 134 Å². The SMILES string of the molecule is C[C@@H]1O[C@@H](O[C@H]2[C@H](OC(=O)C34CCC5(C)C(=CCC6C7(C)CC(O)C(O[C@@H]8O[C@H](C(=O)O)[C@@H](O)[C@H](O)[C@H]8O)C(C)(C(=O)O)C7CCC65C)C3CC(C)(C)CC4O)O[C@H](C)[C@@H](O)[C@@H]2O)[C@H](O)[C@H](O[C@@H]2OC[C@](O)(CO)[C@H]2O[C@@H]2O[C@H](CO)[C@@H](O)[C@H](O)[C@H]2O)[C@H]1O. The number of esters is 1. The minimum atomic E-state index is -2.31. The summed E-state index contributed by atoms with van der Waals surface area (Å²) in [5, 5.41) is 187. The third-order valence-electron chi connectivity index (χ3n) is 23.2. The number of rotatable bonds is 14. The highest BCUT2D eigenvalue weighted by atomic mass is 16.8. The Kier molecular flexibility index (Phi) is 19.0. The van der Waals surface area contributed by atoms with Gasteiger partial charge in [-0.1, -0.05) is 46.3 Å². The van der Waals surface area contributed by atoms with Crippen LogP contribution in [-0.2, 0) is 61.8 Å². The number of hydrogen-bond acceptors (Lipinski definition) is 28. The quantitative estimate of drug-likeness (QED) is 0.0443. The fourth-order valence-electron chi connectivity index (χ4n) is 17.9. The van der Waals surface area contributed by atoms with Gasteiger partial charge in [-0.3, -0.25) is 9.59 Å². The zero-order chi connectivity index (χ0) is 65.5. The lowest BCUT2D eigenvalue weighted by molar-refractivity contribution is -0.373. The average molecular weight is 1280 g/mol. The van der Waals surface area contributed by atoms with Gasteiger partial charge in [0.1, 0.15) is 96.5 Å². The van der Waals surface area contributed by atoms with Crippen LogP contribution in [0.4, 0.5) is 0 Å². The zero-order valence-electron chi connectivity index (χ0n) is 50.9. The van der Waals surface area contributed by atoms with E-state index in [4.69, 9.17) is 47.4 Å². The van der Waals surface area contributed by atoms with Crippen LogP contribution in [0.3, 0.4) is 0 Å². The molecule has 508 valence electrons. The van der Waals surface area contributed by atoms with Gasteiger partial charge in [0.05, 0.1) is 49.7 Å². The number of aliphatic hydroxyl groups excluding tert-OH is 14. The van der Waals surface area contributed by atoms with E-state index in [1.54, 1.807) is 0 Å². The van der Waals surface area contributed by atoms with E-state index in [-0.39, 0.29) is 38.0 Å². The number of ether oxygens (including phenoxy) is 10. The molecule has 10 aliphatic rings. The van der Waals surface area contributed by atoms with Crippen LogP contribution < -0.4 is 0 Å². The molecular formula is C59H92O30. The van der Waals surface area contributed by atoms with Crippen LogP contribution in [-0.4, -0.2) is 284 Å². The van der Waals surface area contributed by atoms with Gasteiger partial charge in [0, 0.05) is 0 Å². The summed E-state index contributed by atoms with van der Waals surface area (Å²) in [5.41, 5.74) is -7.91. The summed E-state index contributed by atoms with van der Waals surface area (Å²) in [5.74, 6) is -5.67. The van der Waals surface area contributed by atoms with Crippen molar-refractivity contribution in [2.75, 3.05) is 19.8 Å². The number of allylic oxidation sites excluding steroid dienone is 2. The second-order valence-corrected chi connectivity index (χ2v) is 28.8. The Balaban J connectivity index is 0.905. The summed E-state index contributed by atoms with van der Waals surface area (Å²) in [6.07, 6.45) is -40.6. The maximum Gasteiger partial charge on any atom is 0.335 e. The number of aliphatic hydroxyl groups is 15. The summed E-state index contributed by atoms with van der Waals surface area (Å²) in [4.78, 5) is 41.4. The normalized spacial score (nSPS) is 54.8. The smallest absolute Gasteiger partial charge is 0.335 e. The largest absolute Gasteiger partial charge is 0.481 e. The van der Waals surface area contributed by atoms with Gasteiger partial charge in [-0.2, -0.15) is 0 Å². The highest BCUT2D eigenvalue weighted by Crippen LogP contribution is 2.76. The minimum absolute atomic E-state index is 0.0138. The molecule has 0 aromatic carbocycles. The number of hydrogen-bond donors (Lipinski definition) is 17. The first kappa shape index (κ1) is 69.0. The molecule has 5 heterocycles. The molecule has 0 radical (unpaired) electrons. The van der Waals surface area contributed by atoms with Crippen LogP contribution in [0.15, 0.2) is 11.6 Å². The monoisotopic (exact) mass is 1280 g/mol. The molecule has 9 fully saturated rings. The van der Waals surface area contributed by atoms with E-state index >= 15 is 4.79 Å². The Morgan fingerprint density at radius 1 is 0.596 bits per heavy atom. The predicted octanol–water partition coefficient (Wildman–Crippen LogP) is -4.42. The Labute approximate surface area is 512 Å². The molecule has 30 nitrogen and oxygen atoms in total. The molecule has 0 aromatic heterocycles. The van der Waals surface area contributed by atoms with E-state index in [9.17, 15) is 96.4 Å². The molecule has 0 aromatic rings. The summed E-state index contributed by atoms with van der Waals surface area (Å²) in [7, 11) is 0. The van der Waals surface area contributed by atoms with E-state index in [2.05, 4.69) is 19.9 Å². The maximum absolute atomic E-state index is 15.6.